The third kappa shape index (κ3) is 3.78. The molecule has 3 nitrogen and oxygen atoms in total. The van der Waals surface area contributed by atoms with Crippen molar-refractivity contribution in [3.05, 3.63) is 59.7 Å². The Labute approximate surface area is 121 Å². The Morgan fingerprint density at radius 2 is 1.81 bits per heavy atom. The largest absolute Gasteiger partial charge is 0.490 e. The van der Waals surface area contributed by atoms with Crippen molar-refractivity contribution in [2.45, 2.75) is 20.0 Å². The Balaban J connectivity index is 2.22. The highest BCUT2D eigenvalue weighted by atomic mass is 19.2. The van der Waals surface area contributed by atoms with Gasteiger partial charge in [0.1, 0.15) is 5.75 Å². The summed E-state index contributed by atoms with van der Waals surface area (Å²) >= 11 is 0. The first-order valence-electron chi connectivity index (χ1n) is 6.49. The van der Waals surface area contributed by atoms with Crippen LogP contribution in [0.3, 0.4) is 0 Å². The van der Waals surface area contributed by atoms with Gasteiger partial charge in [0, 0.05) is 11.8 Å². The second kappa shape index (κ2) is 6.35. The Kier molecular flexibility index (Phi) is 4.52. The first-order valence-corrected chi connectivity index (χ1v) is 6.49. The molecular weight excluding hydrogens is 276 g/mol. The zero-order chi connectivity index (χ0) is 15.4. The highest BCUT2D eigenvalue weighted by molar-refractivity contribution is 6.06. The fraction of sp³-hybridized carbons (Fsp3) is 0.188. The van der Waals surface area contributed by atoms with Crippen LogP contribution in [0.2, 0.25) is 0 Å². The highest BCUT2D eigenvalue weighted by Gasteiger charge is 2.14. The van der Waals surface area contributed by atoms with Gasteiger partial charge >= 0.3 is 0 Å². The number of hydrogen-bond donors (Lipinski definition) is 1. The van der Waals surface area contributed by atoms with Gasteiger partial charge in [-0.05, 0) is 38.1 Å². The van der Waals surface area contributed by atoms with Crippen molar-refractivity contribution < 1.29 is 18.3 Å². The van der Waals surface area contributed by atoms with Gasteiger partial charge in [0.2, 0.25) is 0 Å². The standard InChI is InChI=1S/C16H15F2NO2/c1-10(2)21-15-6-4-3-5-12(15)16(20)19-11-7-8-13(17)14(18)9-11/h3-10H,1-2H3,(H,19,20). The summed E-state index contributed by atoms with van der Waals surface area (Å²) < 4.78 is 31.5. The van der Waals surface area contributed by atoms with Gasteiger partial charge in [-0.2, -0.15) is 0 Å². The molecule has 0 heterocycles. The normalized spacial score (nSPS) is 10.5. The molecule has 0 saturated heterocycles. The second-order valence-electron chi connectivity index (χ2n) is 4.75. The first-order chi connectivity index (χ1) is 9.97. The molecule has 0 aliphatic heterocycles. The molecule has 0 saturated carbocycles. The zero-order valence-corrected chi connectivity index (χ0v) is 11.7. The molecule has 5 heteroatoms. The Morgan fingerprint density at radius 1 is 1.10 bits per heavy atom. The highest BCUT2D eigenvalue weighted by Crippen LogP contribution is 2.21. The van der Waals surface area contributed by atoms with Gasteiger partial charge in [-0.3, -0.25) is 4.79 Å². The van der Waals surface area contributed by atoms with Crippen molar-refractivity contribution in [1.29, 1.82) is 0 Å². The molecule has 0 atom stereocenters. The summed E-state index contributed by atoms with van der Waals surface area (Å²) in [5.74, 6) is -1.99. The van der Waals surface area contributed by atoms with Crippen LogP contribution in [0.4, 0.5) is 14.5 Å². The fourth-order valence-electron chi connectivity index (χ4n) is 1.78. The van der Waals surface area contributed by atoms with E-state index in [4.69, 9.17) is 4.74 Å². The van der Waals surface area contributed by atoms with Gasteiger partial charge in [-0.1, -0.05) is 12.1 Å². The molecule has 110 valence electrons. The van der Waals surface area contributed by atoms with E-state index in [1.165, 1.54) is 6.07 Å². The first kappa shape index (κ1) is 15.0. The number of carbonyl (C=O) groups is 1. The van der Waals surface area contributed by atoms with Crippen molar-refractivity contribution in [1.82, 2.24) is 0 Å². The Morgan fingerprint density at radius 3 is 2.48 bits per heavy atom. The summed E-state index contributed by atoms with van der Waals surface area (Å²) in [6.45, 7) is 3.70. The number of rotatable bonds is 4. The lowest BCUT2D eigenvalue weighted by atomic mass is 10.1. The van der Waals surface area contributed by atoms with E-state index in [1.54, 1.807) is 24.3 Å². The third-order valence-corrected chi connectivity index (χ3v) is 2.67. The number of para-hydroxylation sites is 1. The fourth-order valence-corrected chi connectivity index (χ4v) is 1.78. The molecule has 1 amide bonds. The van der Waals surface area contributed by atoms with E-state index in [-0.39, 0.29) is 11.8 Å². The predicted molar refractivity (Wildman–Crippen MR) is 76.5 cm³/mol. The molecule has 0 aromatic heterocycles. The monoisotopic (exact) mass is 291 g/mol. The van der Waals surface area contributed by atoms with Crippen LogP contribution in [-0.4, -0.2) is 12.0 Å². The van der Waals surface area contributed by atoms with E-state index in [1.807, 2.05) is 13.8 Å². The number of hydrogen-bond acceptors (Lipinski definition) is 2. The van der Waals surface area contributed by atoms with E-state index < -0.39 is 17.5 Å². The molecule has 0 spiro atoms. The van der Waals surface area contributed by atoms with Crippen LogP contribution in [0.15, 0.2) is 42.5 Å². The van der Waals surface area contributed by atoms with Gasteiger partial charge in [0.25, 0.3) is 5.91 Å². The van der Waals surface area contributed by atoms with Gasteiger partial charge < -0.3 is 10.1 Å². The summed E-state index contributed by atoms with van der Waals surface area (Å²) in [6, 6.07) is 9.93. The number of ether oxygens (including phenoxy) is 1. The minimum atomic E-state index is -1.01. The molecule has 0 bridgehead atoms. The summed E-state index contributed by atoms with van der Waals surface area (Å²) in [4.78, 5) is 12.2. The number of benzene rings is 2. The van der Waals surface area contributed by atoms with Crippen LogP contribution < -0.4 is 10.1 Å². The van der Waals surface area contributed by atoms with Crippen molar-refractivity contribution >= 4 is 11.6 Å². The molecule has 0 fully saturated rings. The lowest BCUT2D eigenvalue weighted by molar-refractivity contribution is 0.102. The number of amides is 1. The summed E-state index contributed by atoms with van der Waals surface area (Å²) in [5.41, 5.74) is 0.509. The van der Waals surface area contributed by atoms with Crippen LogP contribution in [0.1, 0.15) is 24.2 Å². The minimum absolute atomic E-state index is 0.0813. The van der Waals surface area contributed by atoms with Crippen LogP contribution in [-0.2, 0) is 0 Å². The molecule has 0 unspecified atom stereocenters. The van der Waals surface area contributed by atoms with E-state index in [9.17, 15) is 13.6 Å². The summed E-state index contributed by atoms with van der Waals surface area (Å²) in [7, 11) is 0. The Bertz CT molecular complexity index is 656. The number of anilines is 1. The van der Waals surface area contributed by atoms with E-state index in [0.29, 0.717) is 11.3 Å². The molecule has 0 aliphatic rings. The maximum Gasteiger partial charge on any atom is 0.259 e. The SMILES string of the molecule is CC(C)Oc1ccccc1C(=O)Nc1ccc(F)c(F)c1. The molecule has 1 N–H and O–H groups in total. The molecular formula is C16H15F2NO2. The van der Waals surface area contributed by atoms with Crippen molar-refractivity contribution in [3.8, 4) is 5.75 Å². The number of carbonyl (C=O) groups excluding carboxylic acids is 1. The maximum absolute atomic E-state index is 13.1. The molecule has 0 aliphatic carbocycles. The lowest BCUT2D eigenvalue weighted by Gasteiger charge is -2.14. The number of halogens is 2. The van der Waals surface area contributed by atoms with Gasteiger partial charge in [-0.25, -0.2) is 8.78 Å². The van der Waals surface area contributed by atoms with Gasteiger partial charge in [-0.15, -0.1) is 0 Å². The zero-order valence-electron chi connectivity index (χ0n) is 11.7. The smallest absolute Gasteiger partial charge is 0.259 e. The topological polar surface area (TPSA) is 38.3 Å². The van der Waals surface area contributed by atoms with Gasteiger partial charge in [0.05, 0.1) is 11.7 Å². The molecule has 2 aromatic carbocycles. The predicted octanol–water partition coefficient (Wildman–Crippen LogP) is 4.00. The van der Waals surface area contributed by atoms with Gasteiger partial charge in [0.15, 0.2) is 11.6 Å². The summed E-state index contributed by atoms with van der Waals surface area (Å²) in [6.07, 6.45) is -0.0813. The average molecular weight is 291 g/mol. The van der Waals surface area contributed by atoms with Crippen LogP contribution in [0, 0.1) is 11.6 Å². The van der Waals surface area contributed by atoms with Crippen LogP contribution >= 0.6 is 0 Å². The van der Waals surface area contributed by atoms with Crippen molar-refractivity contribution in [2.24, 2.45) is 0 Å². The quantitative estimate of drug-likeness (QED) is 0.924. The Hall–Kier alpha value is -2.43. The van der Waals surface area contributed by atoms with E-state index in [0.717, 1.165) is 12.1 Å². The van der Waals surface area contributed by atoms with E-state index >= 15 is 0 Å². The van der Waals surface area contributed by atoms with Crippen LogP contribution in [0.5, 0.6) is 5.75 Å². The van der Waals surface area contributed by atoms with Crippen LogP contribution in [0.25, 0.3) is 0 Å². The van der Waals surface area contributed by atoms with Crippen molar-refractivity contribution in [2.75, 3.05) is 5.32 Å². The molecule has 2 rings (SSSR count). The third-order valence-electron chi connectivity index (χ3n) is 2.67. The molecule has 0 radical (unpaired) electrons. The van der Waals surface area contributed by atoms with Crippen molar-refractivity contribution in [3.63, 3.8) is 0 Å². The van der Waals surface area contributed by atoms with E-state index in [2.05, 4.69) is 5.32 Å². The second-order valence-corrected chi connectivity index (χ2v) is 4.75. The lowest BCUT2D eigenvalue weighted by Crippen LogP contribution is -2.15. The average Bonchev–Trinajstić information content (AvgIpc) is 2.43. The number of nitrogens with one attached hydrogen (secondary N) is 1. The summed E-state index contributed by atoms with van der Waals surface area (Å²) in [5, 5.41) is 2.51. The molecule has 2 aromatic rings. The molecule has 21 heavy (non-hydrogen) atoms. The minimum Gasteiger partial charge on any atom is -0.490 e. The maximum atomic E-state index is 13.1.